The van der Waals surface area contributed by atoms with Gasteiger partial charge >= 0.3 is 0 Å². The monoisotopic (exact) mass is 315 g/mol. The van der Waals surface area contributed by atoms with Gasteiger partial charge in [0.15, 0.2) is 0 Å². The first kappa shape index (κ1) is 14.5. The van der Waals surface area contributed by atoms with Crippen molar-refractivity contribution in [3.05, 3.63) is 43.2 Å². The number of hydrogen-bond donors (Lipinski definition) is 1. The average Bonchev–Trinajstić information content (AvgIpc) is 2.99. The fraction of sp³-hybridized carbons (Fsp3) is 0.308. The van der Waals surface area contributed by atoms with E-state index >= 15 is 0 Å². The van der Waals surface area contributed by atoms with E-state index in [0.29, 0.717) is 6.54 Å². The van der Waals surface area contributed by atoms with E-state index in [2.05, 4.69) is 5.32 Å². The fourth-order valence-electron chi connectivity index (χ4n) is 1.62. The summed E-state index contributed by atoms with van der Waals surface area (Å²) in [6.07, 6.45) is -0.164. The largest absolute Gasteiger partial charge is 0.374 e. The first-order valence-corrected chi connectivity index (χ1v) is 7.79. The number of thiophene rings is 2. The molecule has 2 aromatic rings. The quantitative estimate of drug-likeness (QED) is 0.909. The zero-order valence-corrected chi connectivity index (χ0v) is 13.0. The van der Waals surface area contributed by atoms with Gasteiger partial charge in [-0.15, -0.1) is 22.7 Å². The minimum atomic E-state index is -0.164. The third-order valence-electron chi connectivity index (χ3n) is 2.60. The van der Waals surface area contributed by atoms with Gasteiger partial charge in [-0.1, -0.05) is 11.6 Å². The number of amides is 1. The molecular weight excluding hydrogens is 302 g/mol. The van der Waals surface area contributed by atoms with Crippen LogP contribution >= 0.6 is 34.3 Å². The van der Waals surface area contributed by atoms with Crippen LogP contribution in [0.5, 0.6) is 0 Å². The summed E-state index contributed by atoms with van der Waals surface area (Å²) in [4.78, 5) is 13.7. The number of carbonyl (C=O) groups is 1. The Morgan fingerprint density at radius 1 is 1.53 bits per heavy atom. The molecule has 0 radical (unpaired) electrons. The van der Waals surface area contributed by atoms with E-state index in [0.717, 1.165) is 19.7 Å². The van der Waals surface area contributed by atoms with Gasteiger partial charge in [-0.05, 0) is 36.1 Å². The van der Waals surface area contributed by atoms with Crippen LogP contribution in [0.4, 0.5) is 0 Å². The van der Waals surface area contributed by atoms with Crippen molar-refractivity contribution in [1.29, 1.82) is 0 Å². The van der Waals surface area contributed by atoms with Crippen LogP contribution in [0, 0.1) is 6.92 Å². The van der Waals surface area contributed by atoms with E-state index in [9.17, 15) is 4.79 Å². The van der Waals surface area contributed by atoms with Gasteiger partial charge in [0.2, 0.25) is 0 Å². The number of rotatable bonds is 5. The molecule has 1 amide bonds. The summed E-state index contributed by atoms with van der Waals surface area (Å²) in [5, 5.41) is 4.84. The number of methoxy groups -OCH3 is 1. The second kappa shape index (κ2) is 6.52. The van der Waals surface area contributed by atoms with Crippen molar-refractivity contribution in [2.75, 3.05) is 13.7 Å². The van der Waals surface area contributed by atoms with E-state index in [4.69, 9.17) is 16.3 Å². The second-order valence-corrected chi connectivity index (χ2v) is 6.72. The summed E-state index contributed by atoms with van der Waals surface area (Å²) in [5.74, 6) is -0.0668. The van der Waals surface area contributed by atoms with Crippen LogP contribution < -0.4 is 5.32 Å². The summed E-state index contributed by atoms with van der Waals surface area (Å²) in [6.45, 7) is 2.40. The van der Waals surface area contributed by atoms with E-state index < -0.39 is 0 Å². The highest BCUT2D eigenvalue weighted by molar-refractivity contribution is 7.16. The molecule has 2 heterocycles. The van der Waals surface area contributed by atoms with Crippen LogP contribution in [0.25, 0.3) is 0 Å². The molecule has 0 saturated carbocycles. The molecular formula is C13H14ClNO2S2. The molecule has 0 saturated heterocycles. The summed E-state index contributed by atoms with van der Waals surface area (Å²) in [5.41, 5.74) is 1.10. The van der Waals surface area contributed by atoms with Gasteiger partial charge < -0.3 is 10.1 Å². The van der Waals surface area contributed by atoms with Crippen molar-refractivity contribution in [2.45, 2.75) is 13.0 Å². The predicted octanol–water partition coefficient (Wildman–Crippen LogP) is 3.89. The van der Waals surface area contributed by atoms with E-state index in [1.54, 1.807) is 7.11 Å². The Kier molecular flexibility index (Phi) is 4.99. The number of hydrogen-bond acceptors (Lipinski definition) is 4. The topological polar surface area (TPSA) is 38.3 Å². The molecule has 0 bridgehead atoms. The summed E-state index contributed by atoms with van der Waals surface area (Å²) >= 11 is 8.81. The molecule has 0 aliphatic heterocycles. The third kappa shape index (κ3) is 3.79. The average molecular weight is 316 g/mol. The molecule has 0 unspecified atom stereocenters. The van der Waals surface area contributed by atoms with Crippen LogP contribution in [-0.4, -0.2) is 19.6 Å². The number of ether oxygens (including phenoxy) is 1. The van der Waals surface area contributed by atoms with Gasteiger partial charge in [-0.25, -0.2) is 0 Å². The summed E-state index contributed by atoms with van der Waals surface area (Å²) in [7, 11) is 1.62. The minimum absolute atomic E-state index is 0.0668. The fourth-order valence-corrected chi connectivity index (χ4v) is 3.58. The highest BCUT2D eigenvalue weighted by Gasteiger charge is 2.15. The molecule has 2 rings (SSSR count). The number of aryl methyl sites for hydroxylation is 1. The molecule has 0 aliphatic rings. The van der Waals surface area contributed by atoms with Gasteiger partial charge in [0.1, 0.15) is 6.10 Å². The molecule has 1 atom stereocenters. The molecule has 1 N–H and O–H groups in total. The smallest absolute Gasteiger partial charge is 0.261 e. The van der Waals surface area contributed by atoms with Crippen molar-refractivity contribution >= 4 is 40.2 Å². The minimum Gasteiger partial charge on any atom is -0.374 e. The van der Waals surface area contributed by atoms with E-state index in [-0.39, 0.29) is 12.0 Å². The van der Waals surface area contributed by atoms with Crippen molar-refractivity contribution in [2.24, 2.45) is 0 Å². The Morgan fingerprint density at radius 3 is 2.84 bits per heavy atom. The van der Waals surface area contributed by atoms with Gasteiger partial charge in [-0.3, -0.25) is 4.79 Å². The standard InChI is InChI=1S/C13H14ClNO2S2/c1-8-5-11(18-7-8)13(16)15-6-9(17-2)10-3-4-12(14)19-10/h3-5,7,9H,6H2,1-2H3,(H,15,16)/t9-/m0/s1. The molecule has 6 heteroatoms. The van der Waals surface area contributed by atoms with Crippen LogP contribution in [-0.2, 0) is 4.74 Å². The maximum Gasteiger partial charge on any atom is 0.261 e. The first-order chi connectivity index (χ1) is 9.10. The zero-order chi connectivity index (χ0) is 13.8. The lowest BCUT2D eigenvalue weighted by molar-refractivity contribution is 0.0841. The second-order valence-electron chi connectivity index (χ2n) is 4.06. The lowest BCUT2D eigenvalue weighted by Gasteiger charge is -2.14. The van der Waals surface area contributed by atoms with Crippen molar-refractivity contribution in [3.8, 4) is 0 Å². The molecule has 19 heavy (non-hydrogen) atoms. The maximum atomic E-state index is 11.9. The Bertz CT molecular complexity index is 564. The highest BCUT2D eigenvalue weighted by Crippen LogP contribution is 2.28. The lowest BCUT2D eigenvalue weighted by Crippen LogP contribution is -2.28. The molecule has 0 aliphatic carbocycles. The number of nitrogens with one attached hydrogen (secondary N) is 1. The van der Waals surface area contributed by atoms with E-state index in [1.165, 1.54) is 22.7 Å². The maximum absolute atomic E-state index is 11.9. The van der Waals surface area contributed by atoms with Crippen LogP contribution in [0.1, 0.15) is 26.2 Å². The number of carbonyl (C=O) groups excluding carboxylic acids is 1. The van der Waals surface area contributed by atoms with Gasteiger partial charge in [0, 0.05) is 18.5 Å². The Morgan fingerprint density at radius 2 is 2.32 bits per heavy atom. The van der Waals surface area contributed by atoms with Crippen molar-refractivity contribution in [3.63, 3.8) is 0 Å². The van der Waals surface area contributed by atoms with Gasteiger partial charge in [0.05, 0.1) is 9.21 Å². The molecule has 0 spiro atoms. The SMILES string of the molecule is CO[C@@H](CNC(=O)c1cc(C)cs1)c1ccc(Cl)s1. The van der Waals surface area contributed by atoms with Crippen LogP contribution in [0.15, 0.2) is 23.6 Å². The highest BCUT2D eigenvalue weighted by atomic mass is 35.5. The van der Waals surface area contributed by atoms with Gasteiger partial charge in [0.25, 0.3) is 5.91 Å². The number of halogens is 1. The van der Waals surface area contributed by atoms with Gasteiger partial charge in [-0.2, -0.15) is 0 Å². The molecule has 0 aromatic carbocycles. The lowest BCUT2D eigenvalue weighted by atomic mass is 10.3. The summed E-state index contributed by atoms with van der Waals surface area (Å²) < 4.78 is 6.10. The van der Waals surface area contributed by atoms with Crippen LogP contribution in [0.3, 0.4) is 0 Å². The zero-order valence-electron chi connectivity index (χ0n) is 10.6. The molecule has 3 nitrogen and oxygen atoms in total. The Balaban J connectivity index is 1.95. The van der Waals surface area contributed by atoms with Crippen molar-refractivity contribution in [1.82, 2.24) is 5.32 Å². The Labute approximate surface area is 125 Å². The van der Waals surface area contributed by atoms with Crippen molar-refractivity contribution < 1.29 is 9.53 Å². The van der Waals surface area contributed by atoms with E-state index in [1.807, 2.05) is 30.5 Å². The predicted molar refractivity (Wildman–Crippen MR) is 80.5 cm³/mol. The first-order valence-electron chi connectivity index (χ1n) is 5.71. The third-order valence-corrected chi connectivity index (χ3v) is 4.97. The molecule has 0 fully saturated rings. The van der Waals surface area contributed by atoms with Crippen LogP contribution in [0.2, 0.25) is 4.34 Å². The molecule has 102 valence electrons. The summed E-state index contributed by atoms with van der Waals surface area (Å²) in [6, 6.07) is 5.63. The Hall–Kier alpha value is -0.880. The molecule has 2 aromatic heterocycles. The normalized spacial score (nSPS) is 12.4.